The van der Waals surface area contributed by atoms with Crippen LogP contribution in [0, 0.1) is 11.8 Å². The maximum Gasteiger partial charge on any atom is 0.341 e. The predicted molar refractivity (Wildman–Crippen MR) is 58.6 cm³/mol. The van der Waals surface area contributed by atoms with Gasteiger partial charge in [0.15, 0.2) is 0 Å². The normalized spacial score (nSPS) is 23.6. The number of carboxylic acids is 1. The first-order chi connectivity index (χ1) is 7.68. The van der Waals surface area contributed by atoms with Gasteiger partial charge in [0.25, 0.3) is 0 Å². The highest BCUT2D eigenvalue weighted by molar-refractivity contribution is 5.90. The Labute approximate surface area is 94.3 Å². The topological polar surface area (TPSA) is 59.4 Å². The highest BCUT2D eigenvalue weighted by Crippen LogP contribution is 2.33. The van der Waals surface area contributed by atoms with Gasteiger partial charge < -0.3 is 9.84 Å². The molecule has 0 bridgehead atoms. The van der Waals surface area contributed by atoms with Gasteiger partial charge in [0.05, 0.1) is 6.61 Å². The van der Waals surface area contributed by atoms with Crippen LogP contribution in [0.5, 0.6) is 5.88 Å². The van der Waals surface area contributed by atoms with Crippen LogP contribution in [0.4, 0.5) is 0 Å². The molecule has 1 N–H and O–H groups in total. The minimum Gasteiger partial charge on any atom is -0.477 e. The van der Waals surface area contributed by atoms with Crippen molar-refractivity contribution < 1.29 is 14.6 Å². The maximum absolute atomic E-state index is 10.9. The van der Waals surface area contributed by atoms with Crippen LogP contribution in [-0.4, -0.2) is 22.7 Å². The summed E-state index contributed by atoms with van der Waals surface area (Å²) in [6.45, 7) is 2.76. The predicted octanol–water partition coefficient (Wildman–Crippen LogP) is 2.20. The largest absolute Gasteiger partial charge is 0.477 e. The number of carbonyl (C=O) groups is 1. The molecular weight excluding hydrogens is 206 g/mol. The zero-order chi connectivity index (χ0) is 11.5. The molecule has 0 saturated heterocycles. The highest BCUT2D eigenvalue weighted by atomic mass is 16.5. The number of aromatic carboxylic acids is 1. The summed E-state index contributed by atoms with van der Waals surface area (Å²) in [5.41, 5.74) is 0.134. The lowest BCUT2D eigenvalue weighted by atomic mass is 9.75. The summed E-state index contributed by atoms with van der Waals surface area (Å²) in [5, 5.41) is 8.93. The van der Waals surface area contributed by atoms with E-state index in [1.165, 1.54) is 12.5 Å². The van der Waals surface area contributed by atoms with Crippen molar-refractivity contribution >= 4 is 5.97 Å². The molecule has 2 rings (SSSR count). The van der Waals surface area contributed by atoms with Gasteiger partial charge in [-0.15, -0.1) is 0 Å². The fourth-order valence-corrected chi connectivity index (χ4v) is 1.84. The summed E-state index contributed by atoms with van der Waals surface area (Å²) in [6.07, 6.45) is 3.95. The number of hydrogen-bond donors (Lipinski definition) is 1. The highest BCUT2D eigenvalue weighted by Gasteiger charge is 2.27. The second kappa shape index (κ2) is 4.51. The lowest BCUT2D eigenvalue weighted by molar-refractivity contribution is 0.0683. The molecule has 86 valence electrons. The van der Waals surface area contributed by atoms with E-state index in [1.807, 2.05) is 0 Å². The molecule has 1 heterocycles. The molecular formula is C12H15NO3. The Bertz CT molecular complexity index is 392. The number of ether oxygens (including phenoxy) is 1. The monoisotopic (exact) mass is 221 g/mol. The average molecular weight is 221 g/mol. The Morgan fingerprint density at radius 3 is 3.00 bits per heavy atom. The summed E-state index contributed by atoms with van der Waals surface area (Å²) in [4.78, 5) is 14.8. The fraction of sp³-hybridized carbons (Fsp3) is 0.500. The maximum atomic E-state index is 10.9. The number of rotatable bonds is 4. The smallest absolute Gasteiger partial charge is 0.341 e. The molecule has 1 fully saturated rings. The Morgan fingerprint density at radius 2 is 2.44 bits per heavy atom. The van der Waals surface area contributed by atoms with Gasteiger partial charge >= 0.3 is 5.97 Å². The SMILES string of the molecule is C[C@@H]1CC[C@@H]1COc1ncccc1C(=O)O. The van der Waals surface area contributed by atoms with E-state index in [2.05, 4.69) is 11.9 Å². The van der Waals surface area contributed by atoms with Gasteiger partial charge in [-0.3, -0.25) is 0 Å². The molecule has 0 amide bonds. The standard InChI is InChI=1S/C12H15NO3/c1-8-4-5-9(8)7-16-11-10(12(14)15)3-2-6-13-11/h2-3,6,8-9H,4-5,7H2,1H3,(H,14,15)/t8-,9-/m1/s1. The van der Waals surface area contributed by atoms with E-state index >= 15 is 0 Å². The molecule has 1 saturated carbocycles. The van der Waals surface area contributed by atoms with E-state index in [0.717, 1.165) is 6.42 Å². The molecule has 4 heteroatoms. The average Bonchev–Trinajstić information content (AvgIpc) is 2.27. The lowest BCUT2D eigenvalue weighted by Crippen LogP contribution is -2.29. The van der Waals surface area contributed by atoms with Crippen molar-refractivity contribution in [1.29, 1.82) is 0 Å². The molecule has 0 spiro atoms. The first-order valence-corrected chi connectivity index (χ1v) is 5.49. The van der Waals surface area contributed by atoms with Gasteiger partial charge in [-0.25, -0.2) is 9.78 Å². The summed E-state index contributed by atoms with van der Waals surface area (Å²) in [6, 6.07) is 3.11. The molecule has 1 aliphatic rings. The van der Waals surface area contributed by atoms with E-state index in [4.69, 9.17) is 9.84 Å². The minimum atomic E-state index is -0.996. The Balaban J connectivity index is 2.00. The molecule has 16 heavy (non-hydrogen) atoms. The quantitative estimate of drug-likeness (QED) is 0.846. The van der Waals surface area contributed by atoms with Crippen LogP contribution in [0.2, 0.25) is 0 Å². The molecule has 4 nitrogen and oxygen atoms in total. The van der Waals surface area contributed by atoms with E-state index < -0.39 is 5.97 Å². The number of nitrogens with zero attached hydrogens (tertiary/aromatic N) is 1. The summed E-state index contributed by atoms with van der Waals surface area (Å²) < 4.78 is 5.48. The molecule has 1 aromatic heterocycles. The van der Waals surface area contributed by atoms with Gasteiger partial charge in [-0.2, -0.15) is 0 Å². The van der Waals surface area contributed by atoms with Crippen LogP contribution in [0.25, 0.3) is 0 Å². The number of aromatic nitrogens is 1. The van der Waals surface area contributed by atoms with Gasteiger partial charge in [-0.05, 0) is 36.8 Å². The number of pyridine rings is 1. The second-order valence-electron chi connectivity index (χ2n) is 4.29. The van der Waals surface area contributed by atoms with Crippen molar-refractivity contribution in [3.8, 4) is 5.88 Å². The van der Waals surface area contributed by atoms with Crippen molar-refractivity contribution in [3.05, 3.63) is 23.9 Å². The minimum absolute atomic E-state index is 0.134. The summed E-state index contributed by atoms with van der Waals surface area (Å²) >= 11 is 0. The first kappa shape index (κ1) is 10.9. The Kier molecular flexibility index (Phi) is 3.08. The molecule has 1 aromatic rings. The van der Waals surface area contributed by atoms with Crippen LogP contribution in [-0.2, 0) is 0 Å². The van der Waals surface area contributed by atoms with Crippen molar-refractivity contribution in [2.75, 3.05) is 6.61 Å². The van der Waals surface area contributed by atoms with Crippen molar-refractivity contribution in [3.63, 3.8) is 0 Å². The van der Waals surface area contributed by atoms with Crippen LogP contribution in [0.15, 0.2) is 18.3 Å². The lowest BCUT2D eigenvalue weighted by Gasteiger charge is -2.33. The van der Waals surface area contributed by atoms with Gasteiger partial charge in [0.2, 0.25) is 5.88 Å². The molecule has 0 radical (unpaired) electrons. The van der Waals surface area contributed by atoms with Crippen LogP contribution in [0.3, 0.4) is 0 Å². The van der Waals surface area contributed by atoms with E-state index in [9.17, 15) is 4.79 Å². The van der Waals surface area contributed by atoms with Crippen LogP contribution >= 0.6 is 0 Å². The van der Waals surface area contributed by atoms with Gasteiger partial charge in [-0.1, -0.05) is 6.92 Å². The third-order valence-electron chi connectivity index (χ3n) is 3.23. The van der Waals surface area contributed by atoms with E-state index in [1.54, 1.807) is 12.3 Å². The van der Waals surface area contributed by atoms with Gasteiger partial charge in [0, 0.05) is 6.20 Å². The first-order valence-electron chi connectivity index (χ1n) is 5.49. The zero-order valence-corrected chi connectivity index (χ0v) is 9.22. The third kappa shape index (κ3) is 2.15. The van der Waals surface area contributed by atoms with Crippen LogP contribution in [0.1, 0.15) is 30.1 Å². The number of carboxylic acid groups (broad SMARTS) is 1. The Hall–Kier alpha value is -1.58. The summed E-state index contributed by atoms with van der Waals surface area (Å²) in [5.74, 6) is 0.458. The molecule has 1 aliphatic carbocycles. The van der Waals surface area contributed by atoms with Crippen molar-refractivity contribution in [2.45, 2.75) is 19.8 Å². The fourth-order valence-electron chi connectivity index (χ4n) is 1.84. The van der Waals surface area contributed by atoms with Gasteiger partial charge in [0.1, 0.15) is 5.56 Å². The molecule has 0 aromatic carbocycles. The van der Waals surface area contributed by atoms with E-state index in [-0.39, 0.29) is 11.4 Å². The van der Waals surface area contributed by atoms with Crippen molar-refractivity contribution in [2.24, 2.45) is 11.8 Å². The van der Waals surface area contributed by atoms with E-state index in [0.29, 0.717) is 18.4 Å². The summed E-state index contributed by atoms with van der Waals surface area (Å²) in [7, 11) is 0. The Morgan fingerprint density at radius 1 is 1.62 bits per heavy atom. The zero-order valence-electron chi connectivity index (χ0n) is 9.22. The third-order valence-corrected chi connectivity index (χ3v) is 3.23. The number of hydrogen-bond acceptors (Lipinski definition) is 3. The molecule has 0 aliphatic heterocycles. The van der Waals surface area contributed by atoms with Crippen molar-refractivity contribution in [1.82, 2.24) is 4.98 Å². The molecule has 2 atom stereocenters. The molecule has 0 unspecified atom stereocenters. The second-order valence-corrected chi connectivity index (χ2v) is 4.29. The van der Waals surface area contributed by atoms with Crippen LogP contribution < -0.4 is 4.74 Å².